The summed E-state index contributed by atoms with van der Waals surface area (Å²) in [7, 11) is 2.07. The Morgan fingerprint density at radius 3 is 2.67 bits per heavy atom. The Morgan fingerprint density at radius 1 is 1.20 bits per heavy atom. The van der Waals surface area contributed by atoms with Crippen molar-refractivity contribution in [1.82, 2.24) is 4.98 Å². The molecule has 1 aromatic carbocycles. The summed E-state index contributed by atoms with van der Waals surface area (Å²) in [6.45, 7) is 0.901. The van der Waals surface area contributed by atoms with Gasteiger partial charge in [-0.25, -0.2) is 0 Å². The van der Waals surface area contributed by atoms with E-state index in [1.165, 1.54) is 5.56 Å². The summed E-state index contributed by atoms with van der Waals surface area (Å²) in [6, 6.07) is 14.3. The molecular formula is C13H13N2. The Hall–Kier alpha value is -1.83. The van der Waals surface area contributed by atoms with Crippen LogP contribution in [0.25, 0.3) is 0 Å². The molecule has 0 aliphatic carbocycles. The molecule has 2 rings (SSSR count). The number of anilines is 1. The van der Waals surface area contributed by atoms with Gasteiger partial charge >= 0.3 is 0 Å². The maximum absolute atomic E-state index is 3.88. The smallest absolute Gasteiger partial charge is 0.0907 e. The average Bonchev–Trinajstić information content (AvgIpc) is 2.31. The van der Waals surface area contributed by atoms with E-state index in [0.717, 1.165) is 12.2 Å². The molecule has 2 nitrogen and oxygen atoms in total. The first-order valence-electron chi connectivity index (χ1n) is 4.93. The number of rotatable bonds is 3. The molecule has 0 fully saturated rings. The lowest BCUT2D eigenvalue weighted by Gasteiger charge is -2.18. The van der Waals surface area contributed by atoms with Gasteiger partial charge in [-0.05, 0) is 17.7 Å². The molecule has 75 valence electrons. The zero-order chi connectivity index (χ0) is 10.5. The second-order valence-electron chi connectivity index (χ2n) is 3.48. The van der Waals surface area contributed by atoms with Crippen LogP contribution >= 0.6 is 0 Å². The van der Waals surface area contributed by atoms with Crippen LogP contribution in [0.4, 0.5) is 5.69 Å². The van der Waals surface area contributed by atoms with E-state index in [1.807, 2.05) is 18.2 Å². The Kier molecular flexibility index (Phi) is 2.98. The monoisotopic (exact) mass is 197 g/mol. The zero-order valence-electron chi connectivity index (χ0n) is 8.72. The van der Waals surface area contributed by atoms with E-state index < -0.39 is 0 Å². The van der Waals surface area contributed by atoms with Crippen LogP contribution in [0.1, 0.15) is 5.56 Å². The molecule has 1 aromatic heterocycles. The van der Waals surface area contributed by atoms with E-state index >= 15 is 0 Å². The van der Waals surface area contributed by atoms with Crippen molar-refractivity contribution >= 4 is 5.69 Å². The molecule has 1 heterocycles. The lowest BCUT2D eigenvalue weighted by molar-refractivity contribution is 0.920. The first-order valence-corrected chi connectivity index (χ1v) is 4.93. The van der Waals surface area contributed by atoms with E-state index in [0.29, 0.717) is 0 Å². The van der Waals surface area contributed by atoms with Gasteiger partial charge < -0.3 is 4.90 Å². The molecular weight excluding hydrogens is 184 g/mol. The molecule has 0 atom stereocenters. The van der Waals surface area contributed by atoms with Crippen molar-refractivity contribution < 1.29 is 0 Å². The fourth-order valence-corrected chi connectivity index (χ4v) is 1.49. The highest BCUT2D eigenvalue weighted by Gasteiger charge is 2.00. The highest BCUT2D eigenvalue weighted by molar-refractivity contribution is 5.43. The van der Waals surface area contributed by atoms with Crippen LogP contribution in [0.5, 0.6) is 0 Å². The molecule has 2 heteroatoms. The van der Waals surface area contributed by atoms with Gasteiger partial charge in [0.05, 0.1) is 6.20 Å². The SMILES string of the molecule is CN(Cc1ccccc1)c1c[c]ncc1. The third-order valence-corrected chi connectivity index (χ3v) is 2.31. The van der Waals surface area contributed by atoms with Crippen LogP contribution in [0.3, 0.4) is 0 Å². The first kappa shape index (κ1) is 9.71. The van der Waals surface area contributed by atoms with Gasteiger partial charge in [0.25, 0.3) is 0 Å². The zero-order valence-corrected chi connectivity index (χ0v) is 8.72. The number of aromatic nitrogens is 1. The fourth-order valence-electron chi connectivity index (χ4n) is 1.49. The summed E-state index contributed by atoms with van der Waals surface area (Å²) in [5.41, 5.74) is 2.44. The Labute approximate surface area is 90.2 Å². The largest absolute Gasteiger partial charge is 0.370 e. The molecule has 0 aliphatic heterocycles. The van der Waals surface area contributed by atoms with Crippen molar-refractivity contribution in [1.29, 1.82) is 0 Å². The van der Waals surface area contributed by atoms with Gasteiger partial charge in [-0.1, -0.05) is 30.3 Å². The highest BCUT2D eigenvalue weighted by Crippen LogP contribution is 2.12. The first-order chi connectivity index (χ1) is 7.36. The van der Waals surface area contributed by atoms with Crippen LogP contribution in [0.15, 0.2) is 48.7 Å². The maximum atomic E-state index is 3.88. The topological polar surface area (TPSA) is 16.1 Å². The summed E-state index contributed by atoms with van der Waals surface area (Å²) in [5.74, 6) is 0. The van der Waals surface area contributed by atoms with Crippen molar-refractivity contribution in [2.75, 3.05) is 11.9 Å². The van der Waals surface area contributed by atoms with E-state index in [2.05, 4.69) is 47.4 Å². The molecule has 0 aliphatic rings. The van der Waals surface area contributed by atoms with Gasteiger partial charge in [0, 0.05) is 25.5 Å². The number of pyridine rings is 1. The van der Waals surface area contributed by atoms with Crippen LogP contribution in [0, 0.1) is 6.20 Å². The Morgan fingerprint density at radius 2 is 2.00 bits per heavy atom. The standard InChI is InChI=1S/C13H13N2/c1-15(13-7-9-14-10-8-13)11-12-5-3-2-4-6-12/h2-9H,11H2,1H3. The van der Waals surface area contributed by atoms with Gasteiger partial charge in [0.15, 0.2) is 0 Å². The summed E-state index contributed by atoms with van der Waals surface area (Å²) in [4.78, 5) is 6.06. The van der Waals surface area contributed by atoms with Crippen LogP contribution in [-0.2, 0) is 6.54 Å². The van der Waals surface area contributed by atoms with E-state index in [-0.39, 0.29) is 0 Å². The van der Waals surface area contributed by atoms with Crippen LogP contribution in [0.2, 0.25) is 0 Å². The van der Waals surface area contributed by atoms with Gasteiger partial charge in [0.2, 0.25) is 0 Å². The van der Waals surface area contributed by atoms with Crippen molar-refractivity contribution in [3.8, 4) is 0 Å². The number of hydrogen-bond donors (Lipinski definition) is 0. The van der Waals surface area contributed by atoms with Crippen LogP contribution < -0.4 is 4.90 Å². The molecule has 15 heavy (non-hydrogen) atoms. The molecule has 2 aromatic rings. The van der Waals surface area contributed by atoms with Gasteiger partial charge in [-0.15, -0.1) is 0 Å². The fraction of sp³-hybridized carbons (Fsp3) is 0.154. The Bertz CT molecular complexity index is 397. The third-order valence-electron chi connectivity index (χ3n) is 2.31. The molecule has 0 spiro atoms. The molecule has 0 bridgehead atoms. The summed E-state index contributed by atoms with van der Waals surface area (Å²) >= 11 is 0. The van der Waals surface area contributed by atoms with Crippen molar-refractivity contribution in [3.63, 3.8) is 0 Å². The molecule has 0 unspecified atom stereocenters. The molecule has 0 N–H and O–H groups in total. The average molecular weight is 197 g/mol. The normalized spacial score (nSPS) is 9.93. The number of hydrogen-bond acceptors (Lipinski definition) is 2. The van der Waals surface area contributed by atoms with Crippen LogP contribution in [-0.4, -0.2) is 12.0 Å². The minimum absolute atomic E-state index is 0.901. The van der Waals surface area contributed by atoms with Gasteiger partial charge in [0.1, 0.15) is 0 Å². The molecule has 0 saturated carbocycles. The van der Waals surface area contributed by atoms with Crippen molar-refractivity contribution in [3.05, 3.63) is 60.4 Å². The second kappa shape index (κ2) is 4.60. The molecule has 1 radical (unpaired) electrons. The van der Waals surface area contributed by atoms with E-state index in [1.54, 1.807) is 6.20 Å². The van der Waals surface area contributed by atoms with Gasteiger partial charge in [-0.3, -0.25) is 4.98 Å². The predicted molar refractivity (Wildman–Crippen MR) is 61.6 cm³/mol. The summed E-state index contributed by atoms with van der Waals surface area (Å²) < 4.78 is 0. The third kappa shape index (κ3) is 2.56. The molecule has 0 saturated heterocycles. The summed E-state index contributed by atoms with van der Waals surface area (Å²) in [6.07, 6.45) is 4.60. The van der Waals surface area contributed by atoms with Crippen molar-refractivity contribution in [2.24, 2.45) is 0 Å². The Balaban J connectivity index is 2.08. The molecule has 0 amide bonds. The highest BCUT2D eigenvalue weighted by atomic mass is 15.1. The van der Waals surface area contributed by atoms with E-state index in [9.17, 15) is 0 Å². The number of nitrogens with zero attached hydrogens (tertiary/aromatic N) is 2. The lowest BCUT2D eigenvalue weighted by atomic mass is 10.2. The predicted octanol–water partition coefficient (Wildman–Crippen LogP) is 2.52. The number of benzene rings is 1. The minimum Gasteiger partial charge on any atom is -0.370 e. The quantitative estimate of drug-likeness (QED) is 0.751. The van der Waals surface area contributed by atoms with E-state index in [4.69, 9.17) is 0 Å². The summed E-state index contributed by atoms with van der Waals surface area (Å²) in [5, 5.41) is 0. The van der Waals surface area contributed by atoms with Gasteiger partial charge in [-0.2, -0.15) is 0 Å². The maximum Gasteiger partial charge on any atom is 0.0907 e. The second-order valence-corrected chi connectivity index (χ2v) is 3.48. The minimum atomic E-state index is 0.901. The van der Waals surface area contributed by atoms with Crippen molar-refractivity contribution in [2.45, 2.75) is 6.54 Å². The lowest BCUT2D eigenvalue weighted by Crippen LogP contribution is -2.16.